The number of carboxylic acids is 1. The molecule has 74 valence electrons. The SMILES string of the molecule is O=C(O)C1(Cc2ccccc2F)CC1. The number of aliphatic carboxylic acids is 1. The van der Waals surface area contributed by atoms with Crippen molar-refractivity contribution in [1.82, 2.24) is 0 Å². The molecule has 0 heterocycles. The van der Waals surface area contributed by atoms with Gasteiger partial charge in [0.2, 0.25) is 0 Å². The van der Waals surface area contributed by atoms with Crippen LogP contribution in [0.5, 0.6) is 0 Å². The van der Waals surface area contributed by atoms with E-state index in [4.69, 9.17) is 5.11 Å². The zero-order valence-corrected chi connectivity index (χ0v) is 7.66. The van der Waals surface area contributed by atoms with Crippen LogP contribution >= 0.6 is 0 Å². The summed E-state index contributed by atoms with van der Waals surface area (Å²) in [5.74, 6) is -1.11. The van der Waals surface area contributed by atoms with Gasteiger partial charge >= 0.3 is 5.97 Å². The lowest BCUT2D eigenvalue weighted by Crippen LogP contribution is -2.18. The molecule has 1 N–H and O–H groups in total. The Bertz CT molecular complexity index is 369. The van der Waals surface area contributed by atoms with Crippen molar-refractivity contribution in [1.29, 1.82) is 0 Å². The van der Waals surface area contributed by atoms with E-state index in [2.05, 4.69) is 0 Å². The van der Waals surface area contributed by atoms with Crippen LogP contribution in [0.2, 0.25) is 0 Å². The predicted molar refractivity (Wildman–Crippen MR) is 49.4 cm³/mol. The Morgan fingerprint density at radius 1 is 1.43 bits per heavy atom. The highest BCUT2D eigenvalue weighted by molar-refractivity contribution is 5.78. The van der Waals surface area contributed by atoms with Crippen LogP contribution in [0.3, 0.4) is 0 Å². The third-order valence-electron chi connectivity index (χ3n) is 2.79. The highest BCUT2D eigenvalue weighted by atomic mass is 19.1. The van der Waals surface area contributed by atoms with Crippen molar-refractivity contribution in [3.05, 3.63) is 35.6 Å². The first-order valence-electron chi connectivity index (χ1n) is 4.61. The maximum atomic E-state index is 13.2. The fourth-order valence-corrected chi connectivity index (χ4v) is 1.62. The number of hydrogen-bond acceptors (Lipinski definition) is 1. The molecule has 1 aromatic rings. The Morgan fingerprint density at radius 3 is 2.57 bits per heavy atom. The zero-order chi connectivity index (χ0) is 10.2. The molecule has 1 saturated carbocycles. The predicted octanol–water partition coefficient (Wildman–Crippen LogP) is 2.23. The first-order chi connectivity index (χ1) is 6.64. The Morgan fingerprint density at radius 2 is 2.07 bits per heavy atom. The van der Waals surface area contributed by atoms with Gasteiger partial charge in [0.05, 0.1) is 5.41 Å². The van der Waals surface area contributed by atoms with Gasteiger partial charge in [-0.3, -0.25) is 4.79 Å². The number of rotatable bonds is 3. The van der Waals surface area contributed by atoms with Gasteiger partial charge in [-0.05, 0) is 30.9 Å². The summed E-state index contributed by atoms with van der Waals surface area (Å²) in [5.41, 5.74) is -0.172. The number of benzene rings is 1. The molecular formula is C11H11FO2. The van der Waals surface area contributed by atoms with Crippen molar-refractivity contribution in [2.45, 2.75) is 19.3 Å². The maximum Gasteiger partial charge on any atom is 0.309 e. The number of carbonyl (C=O) groups is 1. The standard InChI is InChI=1S/C11H11FO2/c12-9-4-2-1-3-8(9)7-11(5-6-11)10(13)14/h1-4H,5-7H2,(H,13,14). The van der Waals surface area contributed by atoms with E-state index in [-0.39, 0.29) is 5.82 Å². The van der Waals surface area contributed by atoms with Crippen LogP contribution in [-0.2, 0) is 11.2 Å². The largest absolute Gasteiger partial charge is 0.481 e. The lowest BCUT2D eigenvalue weighted by Gasteiger charge is -2.09. The van der Waals surface area contributed by atoms with Crippen molar-refractivity contribution in [3.63, 3.8) is 0 Å². The molecule has 1 fully saturated rings. The van der Waals surface area contributed by atoms with E-state index < -0.39 is 11.4 Å². The van der Waals surface area contributed by atoms with Gasteiger partial charge < -0.3 is 5.11 Å². The van der Waals surface area contributed by atoms with Gasteiger partial charge in [-0.15, -0.1) is 0 Å². The molecule has 0 bridgehead atoms. The van der Waals surface area contributed by atoms with E-state index in [9.17, 15) is 9.18 Å². The Balaban J connectivity index is 2.19. The second-order valence-electron chi connectivity index (χ2n) is 3.85. The molecule has 0 aliphatic heterocycles. The van der Waals surface area contributed by atoms with Crippen molar-refractivity contribution in [2.75, 3.05) is 0 Å². The van der Waals surface area contributed by atoms with Crippen molar-refractivity contribution in [2.24, 2.45) is 5.41 Å². The lowest BCUT2D eigenvalue weighted by atomic mass is 9.96. The summed E-state index contributed by atoms with van der Waals surface area (Å²) in [6.07, 6.45) is 1.64. The highest BCUT2D eigenvalue weighted by Crippen LogP contribution is 2.48. The van der Waals surface area contributed by atoms with Gasteiger partial charge in [0.25, 0.3) is 0 Å². The molecule has 0 radical (unpaired) electrons. The highest BCUT2D eigenvalue weighted by Gasteiger charge is 2.50. The Kier molecular flexibility index (Phi) is 2.02. The van der Waals surface area contributed by atoms with Gasteiger partial charge in [-0.1, -0.05) is 18.2 Å². The summed E-state index contributed by atoms with van der Waals surface area (Å²) < 4.78 is 13.2. The summed E-state index contributed by atoms with van der Waals surface area (Å²) in [6, 6.07) is 6.36. The van der Waals surface area contributed by atoms with Gasteiger partial charge in [0.15, 0.2) is 0 Å². The summed E-state index contributed by atoms with van der Waals surface area (Å²) in [6.45, 7) is 0. The second kappa shape index (κ2) is 3.08. The van der Waals surface area contributed by atoms with E-state index in [0.717, 1.165) is 0 Å². The third-order valence-corrected chi connectivity index (χ3v) is 2.79. The first-order valence-corrected chi connectivity index (χ1v) is 4.61. The molecule has 0 amide bonds. The molecule has 1 aliphatic rings. The molecule has 0 spiro atoms. The molecule has 2 rings (SSSR count). The number of carboxylic acid groups (broad SMARTS) is 1. The van der Waals surface area contributed by atoms with Crippen LogP contribution in [0.25, 0.3) is 0 Å². The molecule has 0 unspecified atom stereocenters. The van der Waals surface area contributed by atoms with Gasteiger partial charge in [-0.2, -0.15) is 0 Å². The van der Waals surface area contributed by atoms with E-state index in [1.165, 1.54) is 6.07 Å². The van der Waals surface area contributed by atoms with Crippen LogP contribution in [0, 0.1) is 11.2 Å². The molecule has 3 heteroatoms. The number of hydrogen-bond donors (Lipinski definition) is 1. The molecule has 14 heavy (non-hydrogen) atoms. The summed E-state index contributed by atoms with van der Waals surface area (Å²) >= 11 is 0. The average Bonchev–Trinajstić information content (AvgIpc) is 2.90. The normalized spacial score (nSPS) is 17.8. The fourth-order valence-electron chi connectivity index (χ4n) is 1.62. The molecule has 1 aliphatic carbocycles. The molecule has 0 saturated heterocycles. The quantitative estimate of drug-likeness (QED) is 0.801. The minimum atomic E-state index is -0.805. The van der Waals surface area contributed by atoms with Crippen molar-refractivity contribution < 1.29 is 14.3 Å². The van der Waals surface area contributed by atoms with Crippen LogP contribution in [-0.4, -0.2) is 11.1 Å². The van der Waals surface area contributed by atoms with Gasteiger partial charge in [0, 0.05) is 0 Å². The van der Waals surface area contributed by atoms with Crippen LogP contribution < -0.4 is 0 Å². The molecule has 0 atom stereocenters. The number of halogens is 1. The molecular weight excluding hydrogens is 183 g/mol. The minimum Gasteiger partial charge on any atom is -0.481 e. The van der Waals surface area contributed by atoms with Crippen LogP contribution in [0.4, 0.5) is 4.39 Å². The third kappa shape index (κ3) is 1.50. The molecule has 0 aromatic heterocycles. The topological polar surface area (TPSA) is 37.3 Å². The van der Waals surface area contributed by atoms with E-state index >= 15 is 0 Å². The average molecular weight is 194 g/mol. The fraction of sp³-hybridized carbons (Fsp3) is 0.364. The zero-order valence-electron chi connectivity index (χ0n) is 7.66. The summed E-state index contributed by atoms with van der Waals surface area (Å²) in [5, 5.41) is 8.93. The van der Waals surface area contributed by atoms with Crippen LogP contribution in [0.1, 0.15) is 18.4 Å². The first kappa shape index (κ1) is 9.19. The Labute approximate surface area is 81.4 Å². The summed E-state index contributed by atoms with van der Waals surface area (Å²) in [7, 11) is 0. The van der Waals surface area contributed by atoms with Crippen molar-refractivity contribution in [3.8, 4) is 0 Å². The van der Waals surface area contributed by atoms with Gasteiger partial charge in [-0.25, -0.2) is 4.39 Å². The van der Waals surface area contributed by atoms with E-state index in [0.29, 0.717) is 24.8 Å². The second-order valence-corrected chi connectivity index (χ2v) is 3.85. The molecule has 2 nitrogen and oxygen atoms in total. The monoisotopic (exact) mass is 194 g/mol. The van der Waals surface area contributed by atoms with Gasteiger partial charge in [0.1, 0.15) is 5.82 Å². The lowest BCUT2D eigenvalue weighted by molar-refractivity contribution is -0.143. The van der Waals surface area contributed by atoms with Crippen LogP contribution in [0.15, 0.2) is 24.3 Å². The van der Waals surface area contributed by atoms with Crippen molar-refractivity contribution >= 4 is 5.97 Å². The maximum absolute atomic E-state index is 13.2. The molecule has 1 aromatic carbocycles. The van der Waals surface area contributed by atoms with E-state index in [1.807, 2.05) is 0 Å². The van der Waals surface area contributed by atoms with E-state index in [1.54, 1.807) is 18.2 Å². The Hall–Kier alpha value is -1.38. The minimum absolute atomic E-state index is 0.306. The summed E-state index contributed by atoms with van der Waals surface area (Å²) in [4.78, 5) is 10.9. The smallest absolute Gasteiger partial charge is 0.309 e.